The molecule has 18 heavy (non-hydrogen) atoms. The Hall–Kier alpha value is -0.870. The summed E-state index contributed by atoms with van der Waals surface area (Å²) in [5, 5.41) is 0. The van der Waals surface area contributed by atoms with E-state index in [4.69, 9.17) is 0 Å². The molecule has 3 nitrogen and oxygen atoms in total. The van der Waals surface area contributed by atoms with Crippen molar-refractivity contribution in [2.45, 2.75) is 45.4 Å². The van der Waals surface area contributed by atoms with Gasteiger partial charge in [0.25, 0.3) is 0 Å². The molecule has 0 bridgehead atoms. The number of hydrogen-bond donors (Lipinski definition) is 0. The molecule has 1 aromatic rings. The van der Waals surface area contributed by atoms with Gasteiger partial charge in [-0.2, -0.15) is 0 Å². The van der Waals surface area contributed by atoms with Gasteiger partial charge in [0.1, 0.15) is 0 Å². The highest BCUT2D eigenvalue weighted by atomic mass is 32.2. The molecule has 0 aliphatic carbocycles. The van der Waals surface area contributed by atoms with Crippen LogP contribution in [-0.4, -0.2) is 26.3 Å². The first kappa shape index (κ1) is 15.2. The summed E-state index contributed by atoms with van der Waals surface area (Å²) in [5.41, 5.74) is 2.76. The highest BCUT2D eigenvalue weighted by Gasteiger charge is 2.24. The topological polar surface area (TPSA) is 37.4 Å². The van der Waals surface area contributed by atoms with Gasteiger partial charge in [0.15, 0.2) is 0 Å². The summed E-state index contributed by atoms with van der Waals surface area (Å²) in [4.78, 5) is 0.465. The predicted molar refractivity (Wildman–Crippen MR) is 75.4 cm³/mol. The Labute approximate surface area is 111 Å². The van der Waals surface area contributed by atoms with Crippen LogP contribution in [0.5, 0.6) is 0 Å². The van der Waals surface area contributed by atoms with Crippen molar-refractivity contribution in [3.05, 3.63) is 28.8 Å². The van der Waals surface area contributed by atoms with Crippen LogP contribution in [0.3, 0.4) is 0 Å². The molecule has 1 rings (SSSR count). The molecule has 1 aromatic carbocycles. The molecule has 0 unspecified atom stereocenters. The molecular formula is C14H23NO2S. The molecule has 0 saturated heterocycles. The van der Waals surface area contributed by atoms with E-state index in [1.165, 1.54) is 4.31 Å². The van der Waals surface area contributed by atoms with Gasteiger partial charge in [0.2, 0.25) is 10.0 Å². The largest absolute Gasteiger partial charge is 0.243 e. The fourth-order valence-corrected chi connectivity index (χ4v) is 3.84. The smallest absolute Gasteiger partial charge is 0.207 e. The van der Waals surface area contributed by atoms with Gasteiger partial charge in [0, 0.05) is 13.6 Å². The molecule has 0 heterocycles. The second kappa shape index (κ2) is 5.85. The SMILES string of the molecule is CCCCN(C)S(=O)(=O)c1c(C)cc(C)cc1C. The maximum absolute atomic E-state index is 12.5. The third-order valence-corrected chi connectivity index (χ3v) is 5.26. The zero-order valence-corrected chi connectivity index (χ0v) is 12.8. The van der Waals surface area contributed by atoms with Crippen molar-refractivity contribution in [2.75, 3.05) is 13.6 Å². The third-order valence-electron chi connectivity index (χ3n) is 3.10. The summed E-state index contributed by atoms with van der Waals surface area (Å²) in [5.74, 6) is 0. The van der Waals surface area contributed by atoms with Gasteiger partial charge in [-0.3, -0.25) is 0 Å². The summed E-state index contributed by atoms with van der Waals surface area (Å²) in [7, 11) is -1.70. The van der Waals surface area contributed by atoms with Crippen molar-refractivity contribution >= 4 is 10.0 Å². The first-order valence-corrected chi connectivity index (χ1v) is 7.79. The molecular weight excluding hydrogens is 246 g/mol. The zero-order valence-electron chi connectivity index (χ0n) is 11.9. The lowest BCUT2D eigenvalue weighted by Crippen LogP contribution is -2.29. The lowest BCUT2D eigenvalue weighted by atomic mass is 10.1. The Morgan fingerprint density at radius 2 is 1.61 bits per heavy atom. The zero-order chi connectivity index (χ0) is 13.9. The molecule has 102 valence electrons. The van der Waals surface area contributed by atoms with Crippen LogP contribution in [0.25, 0.3) is 0 Å². The maximum Gasteiger partial charge on any atom is 0.243 e. The highest BCUT2D eigenvalue weighted by Crippen LogP contribution is 2.24. The number of hydrogen-bond acceptors (Lipinski definition) is 2. The van der Waals surface area contributed by atoms with E-state index < -0.39 is 10.0 Å². The van der Waals surface area contributed by atoms with Crippen LogP contribution in [-0.2, 0) is 10.0 Å². The third kappa shape index (κ3) is 3.12. The first-order valence-electron chi connectivity index (χ1n) is 6.35. The van der Waals surface area contributed by atoms with Gasteiger partial charge in [-0.05, 0) is 38.3 Å². The van der Waals surface area contributed by atoms with Gasteiger partial charge in [-0.15, -0.1) is 0 Å². The van der Waals surface area contributed by atoms with Crippen LogP contribution in [0.4, 0.5) is 0 Å². The van der Waals surface area contributed by atoms with E-state index >= 15 is 0 Å². The minimum Gasteiger partial charge on any atom is -0.207 e. The standard InChI is InChI=1S/C14H23NO2S/c1-6-7-8-15(5)18(16,17)14-12(3)9-11(2)10-13(14)4/h9-10H,6-8H2,1-5H3. The molecule has 0 radical (unpaired) electrons. The monoisotopic (exact) mass is 269 g/mol. The summed E-state index contributed by atoms with van der Waals surface area (Å²) in [6.07, 6.45) is 1.88. The van der Waals surface area contributed by atoms with E-state index in [9.17, 15) is 8.42 Å². The molecule has 0 aromatic heterocycles. The molecule has 0 fully saturated rings. The molecule has 0 amide bonds. The summed E-state index contributed by atoms with van der Waals surface area (Å²) >= 11 is 0. The van der Waals surface area contributed by atoms with E-state index in [1.807, 2.05) is 32.9 Å². The lowest BCUT2D eigenvalue weighted by Gasteiger charge is -2.20. The van der Waals surface area contributed by atoms with Crippen molar-refractivity contribution in [1.29, 1.82) is 0 Å². The highest BCUT2D eigenvalue weighted by molar-refractivity contribution is 7.89. The van der Waals surface area contributed by atoms with Gasteiger partial charge >= 0.3 is 0 Å². The Balaban J connectivity index is 3.20. The lowest BCUT2D eigenvalue weighted by molar-refractivity contribution is 0.458. The number of unbranched alkanes of at least 4 members (excludes halogenated alkanes) is 1. The molecule has 0 aliphatic heterocycles. The second-order valence-electron chi connectivity index (χ2n) is 4.91. The average Bonchev–Trinajstić information content (AvgIpc) is 2.23. The van der Waals surface area contributed by atoms with Crippen LogP contribution < -0.4 is 0 Å². The molecule has 0 spiro atoms. The van der Waals surface area contributed by atoms with Crippen LogP contribution >= 0.6 is 0 Å². The second-order valence-corrected chi connectivity index (χ2v) is 6.89. The van der Waals surface area contributed by atoms with Crippen molar-refractivity contribution in [3.63, 3.8) is 0 Å². The quantitative estimate of drug-likeness (QED) is 0.824. The van der Waals surface area contributed by atoms with Crippen LogP contribution in [0.1, 0.15) is 36.5 Å². The first-order chi connectivity index (χ1) is 8.30. The van der Waals surface area contributed by atoms with Gasteiger partial charge in [0.05, 0.1) is 4.90 Å². The fraction of sp³-hybridized carbons (Fsp3) is 0.571. The minimum absolute atomic E-state index is 0.465. The van der Waals surface area contributed by atoms with Crippen molar-refractivity contribution in [2.24, 2.45) is 0 Å². The van der Waals surface area contributed by atoms with E-state index in [-0.39, 0.29) is 0 Å². The number of sulfonamides is 1. The molecule has 0 atom stereocenters. The van der Waals surface area contributed by atoms with Gasteiger partial charge in [-0.25, -0.2) is 12.7 Å². The average molecular weight is 269 g/mol. The molecule has 0 N–H and O–H groups in total. The van der Waals surface area contributed by atoms with Crippen molar-refractivity contribution in [1.82, 2.24) is 4.31 Å². The van der Waals surface area contributed by atoms with Crippen LogP contribution in [0, 0.1) is 20.8 Å². The summed E-state index contributed by atoms with van der Waals surface area (Å²) in [6.45, 7) is 8.34. The number of aryl methyl sites for hydroxylation is 3. The molecule has 4 heteroatoms. The minimum atomic E-state index is -3.36. The Morgan fingerprint density at radius 3 is 2.06 bits per heavy atom. The van der Waals surface area contributed by atoms with E-state index in [2.05, 4.69) is 6.92 Å². The Kier molecular flexibility index (Phi) is 4.93. The van der Waals surface area contributed by atoms with E-state index in [0.29, 0.717) is 11.4 Å². The Morgan fingerprint density at radius 1 is 1.11 bits per heavy atom. The fourth-order valence-electron chi connectivity index (χ4n) is 2.23. The summed E-state index contributed by atoms with van der Waals surface area (Å²) in [6, 6.07) is 3.85. The van der Waals surface area contributed by atoms with E-state index in [0.717, 1.165) is 29.5 Å². The van der Waals surface area contributed by atoms with Crippen molar-refractivity contribution in [3.8, 4) is 0 Å². The molecule has 0 saturated carbocycles. The van der Waals surface area contributed by atoms with Crippen molar-refractivity contribution < 1.29 is 8.42 Å². The van der Waals surface area contributed by atoms with Gasteiger partial charge < -0.3 is 0 Å². The van der Waals surface area contributed by atoms with Crippen LogP contribution in [0.2, 0.25) is 0 Å². The summed E-state index contributed by atoms with van der Waals surface area (Å²) < 4.78 is 26.5. The number of benzene rings is 1. The Bertz CT molecular complexity index is 498. The number of nitrogens with zero attached hydrogens (tertiary/aromatic N) is 1. The van der Waals surface area contributed by atoms with Gasteiger partial charge in [-0.1, -0.05) is 31.0 Å². The maximum atomic E-state index is 12.5. The normalized spacial score (nSPS) is 12.1. The van der Waals surface area contributed by atoms with Crippen LogP contribution in [0.15, 0.2) is 17.0 Å². The number of rotatable bonds is 5. The molecule has 0 aliphatic rings. The van der Waals surface area contributed by atoms with E-state index in [1.54, 1.807) is 7.05 Å². The predicted octanol–water partition coefficient (Wildman–Crippen LogP) is 3.03.